The molecular weight excluding hydrogens is 1030 g/mol. The van der Waals surface area contributed by atoms with Crippen molar-refractivity contribution in [1.82, 2.24) is 0 Å². The maximum absolute atomic E-state index is 14.1. The molecule has 0 spiro atoms. The van der Waals surface area contributed by atoms with Gasteiger partial charge in [0.1, 0.15) is 67.6 Å². The van der Waals surface area contributed by atoms with E-state index in [4.69, 9.17) is 56.8 Å². The van der Waals surface area contributed by atoms with Crippen LogP contribution < -0.4 is 0 Å². The second-order valence-corrected chi connectivity index (χ2v) is 21.5. The first kappa shape index (κ1) is 65.8. The number of rotatable bonds is 15. The molecule has 0 aromatic rings. The Labute approximate surface area is 457 Å². The predicted molar refractivity (Wildman–Crippen MR) is 270 cm³/mol. The van der Waals surface area contributed by atoms with Gasteiger partial charge < -0.3 is 97.7 Å². The van der Waals surface area contributed by atoms with Gasteiger partial charge in [0.2, 0.25) is 0 Å². The number of hydrogen-bond donors (Lipinski definition) is 8. The summed E-state index contributed by atoms with van der Waals surface area (Å²) in [6.07, 6.45) is -25.6. The third-order valence-electron chi connectivity index (χ3n) is 15.4. The van der Waals surface area contributed by atoms with Gasteiger partial charge in [-0.2, -0.15) is 0 Å². The van der Waals surface area contributed by atoms with E-state index in [0.29, 0.717) is 25.7 Å². The summed E-state index contributed by atoms with van der Waals surface area (Å²) in [5, 5.41) is 90.3. The zero-order valence-corrected chi connectivity index (χ0v) is 46.7. The monoisotopic (exact) mass is 1120 g/mol. The highest BCUT2D eigenvalue weighted by Crippen LogP contribution is 2.38. The summed E-state index contributed by atoms with van der Waals surface area (Å²) in [5.41, 5.74) is 0.238. The fourth-order valence-electron chi connectivity index (χ4n) is 9.72. The van der Waals surface area contributed by atoms with Crippen LogP contribution in [0.5, 0.6) is 0 Å². The van der Waals surface area contributed by atoms with Crippen molar-refractivity contribution in [3.63, 3.8) is 0 Å². The fourth-order valence-corrected chi connectivity index (χ4v) is 9.72. The lowest BCUT2D eigenvalue weighted by Gasteiger charge is -2.50. The lowest BCUT2D eigenvalue weighted by atomic mass is 9.95. The van der Waals surface area contributed by atoms with Crippen LogP contribution in [0.15, 0.2) is 11.6 Å². The topological polar surface area (TPSA) is 341 Å². The number of aliphatic hydroxyl groups excluding tert-OH is 8. The summed E-state index contributed by atoms with van der Waals surface area (Å²) in [7, 11) is 0. The van der Waals surface area contributed by atoms with Gasteiger partial charge in [-0.25, -0.2) is 4.79 Å². The number of carbonyl (C=O) groups is 4. The Morgan fingerprint density at radius 3 is 1.91 bits per heavy atom. The lowest BCUT2D eigenvalue weighted by Crippen LogP contribution is -2.68. The first-order valence-electron chi connectivity index (χ1n) is 28.1. The van der Waals surface area contributed by atoms with Gasteiger partial charge in [0, 0.05) is 12.0 Å². The van der Waals surface area contributed by atoms with Crippen molar-refractivity contribution in [2.45, 2.75) is 287 Å². The maximum Gasteiger partial charge on any atom is 0.333 e. The van der Waals surface area contributed by atoms with Gasteiger partial charge in [-0.3, -0.25) is 14.4 Å². The standard InChI is InChI=1S/C54H90O24/c1-10-13-19-22-32-23-20-17-15-14-16-18-21-24-34(56)72-45-42(75-51-40(62)38(60)41(30(8)68-51)73-47(63)26(4)11-2)31(9)69-54(46(45)74-48(64)27(5)12-3)77-43-36(58)35(57)33(25-67-49(65)28(6)29(7)55)71-53(43)76-44-37(59)39(61)50(66)78-52(44)70-32/h11,27-33,35-46,50-55,57-62,66H,10,12-25H2,1-9H3/b26-11+/t27-,28-,29-,30+,31-,32+,33+,35+,36-,37-,38+,39-,40+,41+,42-,43+,44?,45+,46+,50-,51?,52+,53-,54-/m0/s1. The molecule has 78 heavy (non-hydrogen) atoms. The summed E-state index contributed by atoms with van der Waals surface area (Å²) in [6.45, 7) is 13.5. The Morgan fingerprint density at radius 1 is 0.654 bits per heavy atom. The highest BCUT2D eigenvalue weighted by Gasteiger charge is 2.58. The molecule has 0 saturated carbocycles. The molecule has 0 radical (unpaired) electrons. The van der Waals surface area contributed by atoms with E-state index in [9.17, 15) is 60.0 Å². The van der Waals surface area contributed by atoms with Gasteiger partial charge in [-0.1, -0.05) is 84.6 Å². The first-order chi connectivity index (χ1) is 37.0. The second-order valence-electron chi connectivity index (χ2n) is 21.5. The third kappa shape index (κ3) is 17.5. The van der Waals surface area contributed by atoms with Crippen molar-refractivity contribution >= 4 is 23.9 Å². The minimum absolute atomic E-state index is 0.0868. The molecular formula is C54H90O24. The van der Waals surface area contributed by atoms with E-state index in [1.165, 1.54) is 40.7 Å². The predicted octanol–water partition coefficient (Wildman–Crippen LogP) is 1.99. The van der Waals surface area contributed by atoms with E-state index in [1.807, 2.05) is 0 Å². The van der Waals surface area contributed by atoms with Gasteiger partial charge in [-0.15, -0.1) is 0 Å². The van der Waals surface area contributed by atoms with Crippen LogP contribution in [0.2, 0.25) is 0 Å². The number of hydrogen-bond acceptors (Lipinski definition) is 24. The number of ether oxygens (including phenoxy) is 12. The zero-order valence-electron chi connectivity index (χ0n) is 46.7. The largest absolute Gasteiger partial charge is 0.463 e. The molecule has 5 aliphatic rings. The van der Waals surface area contributed by atoms with Gasteiger partial charge >= 0.3 is 23.9 Å². The van der Waals surface area contributed by atoms with Crippen molar-refractivity contribution in [2.75, 3.05) is 6.61 Å². The molecule has 5 saturated heterocycles. The van der Waals surface area contributed by atoms with Crippen molar-refractivity contribution < 1.29 is 117 Å². The molecule has 0 amide bonds. The Hall–Kier alpha value is -3.02. The molecule has 5 aliphatic heterocycles. The molecule has 5 rings (SSSR count). The molecule has 5 fully saturated rings. The Morgan fingerprint density at radius 2 is 1.27 bits per heavy atom. The number of carbonyl (C=O) groups excluding carboxylic acids is 4. The van der Waals surface area contributed by atoms with Crippen LogP contribution in [0.25, 0.3) is 0 Å². The number of aliphatic hydroxyl groups is 8. The third-order valence-corrected chi connectivity index (χ3v) is 15.4. The minimum Gasteiger partial charge on any atom is -0.463 e. The van der Waals surface area contributed by atoms with Crippen molar-refractivity contribution in [3.8, 4) is 0 Å². The van der Waals surface area contributed by atoms with E-state index < -0.39 is 178 Å². The van der Waals surface area contributed by atoms with Crippen molar-refractivity contribution in [2.24, 2.45) is 11.8 Å². The van der Waals surface area contributed by atoms with E-state index in [1.54, 1.807) is 20.8 Å². The maximum atomic E-state index is 14.1. The molecule has 24 heteroatoms. The molecule has 450 valence electrons. The summed E-state index contributed by atoms with van der Waals surface area (Å²) < 4.78 is 73.5. The summed E-state index contributed by atoms with van der Waals surface area (Å²) >= 11 is 0. The molecule has 24 nitrogen and oxygen atoms in total. The summed E-state index contributed by atoms with van der Waals surface area (Å²) in [5.74, 6) is -4.98. The molecule has 2 bridgehead atoms. The average molecular weight is 1120 g/mol. The van der Waals surface area contributed by atoms with E-state index in [-0.39, 0.29) is 18.4 Å². The van der Waals surface area contributed by atoms with Gasteiger partial charge in [0.15, 0.2) is 49.8 Å². The Kier molecular flexibility index (Phi) is 26.5. The number of unbranched alkanes of at least 4 members (excludes halogenated alkanes) is 2. The molecule has 0 aromatic carbocycles. The molecule has 8 N–H and O–H groups in total. The van der Waals surface area contributed by atoms with Crippen LogP contribution in [0, 0.1) is 11.8 Å². The molecule has 2 unspecified atom stereocenters. The summed E-state index contributed by atoms with van der Waals surface area (Å²) in [4.78, 5) is 53.7. The number of esters is 4. The van der Waals surface area contributed by atoms with Crippen LogP contribution in [0.3, 0.4) is 0 Å². The van der Waals surface area contributed by atoms with Crippen LogP contribution in [-0.2, 0) is 76.0 Å². The number of fused-ring (bicyclic) bond motifs is 4. The minimum atomic E-state index is -2.07. The second kappa shape index (κ2) is 31.4. The number of allylic oxidation sites excluding steroid dienone is 1. The van der Waals surface area contributed by atoms with Crippen molar-refractivity contribution in [1.29, 1.82) is 0 Å². The smallest absolute Gasteiger partial charge is 0.333 e. The lowest BCUT2D eigenvalue weighted by molar-refractivity contribution is -0.407. The molecule has 24 atom stereocenters. The molecule has 0 aliphatic carbocycles. The highest BCUT2D eigenvalue weighted by molar-refractivity contribution is 5.87. The van der Waals surface area contributed by atoms with Crippen LogP contribution in [0.4, 0.5) is 0 Å². The van der Waals surface area contributed by atoms with E-state index in [0.717, 1.165) is 51.4 Å². The van der Waals surface area contributed by atoms with Crippen LogP contribution >= 0.6 is 0 Å². The zero-order chi connectivity index (χ0) is 57.5. The fraction of sp³-hybridized carbons (Fsp3) is 0.889. The van der Waals surface area contributed by atoms with E-state index >= 15 is 0 Å². The first-order valence-corrected chi connectivity index (χ1v) is 28.1. The molecule has 0 aromatic heterocycles. The van der Waals surface area contributed by atoms with E-state index in [2.05, 4.69) is 6.92 Å². The van der Waals surface area contributed by atoms with Crippen LogP contribution in [-0.4, -0.2) is 207 Å². The highest BCUT2D eigenvalue weighted by atomic mass is 16.8. The van der Waals surface area contributed by atoms with Gasteiger partial charge in [-0.05, 0) is 67.2 Å². The van der Waals surface area contributed by atoms with Gasteiger partial charge in [0.05, 0.1) is 36.3 Å². The Balaban J connectivity index is 1.59. The quantitative estimate of drug-likeness (QED) is 0.0503. The van der Waals surface area contributed by atoms with Crippen LogP contribution in [0.1, 0.15) is 152 Å². The van der Waals surface area contributed by atoms with Gasteiger partial charge in [0.25, 0.3) is 0 Å². The van der Waals surface area contributed by atoms with Crippen molar-refractivity contribution in [3.05, 3.63) is 11.6 Å². The average Bonchev–Trinajstić information content (AvgIpc) is 3.49. The molecule has 5 heterocycles. The Bertz CT molecular complexity index is 1890. The SMILES string of the molecule is C/C=C(\C)C(=O)O[C@H]1[C@H](O)[C@@H](O)C(O[C@@H]2[C@H]3OC(=O)CCCCCCCCC[C@@H](CCCCC)O[C@@H]4O[C@H](O)[C@@H](O)[C@H](O)C4O[C@@H]4O[C@H](COC(=O)[C@@H](C)[C@H](C)O)[C@@H](O)[C@H](O)[C@H]4O[C@H](O[C@H]2C)[C@@H]3OC(=O)[C@@H](C)CC)O[C@@H]1C. The normalized spacial score (nSPS) is 40.2. The summed E-state index contributed by atoms with van der Waals surface area (Å²) in [6, 6.07) is 0.